The van der Waals surface area contributed by atoms with Gasteiger partial charge in [0.25, 0.3) is 10.0 Å². The third kappa shape index (κ3) is 7.44. The van der Waals surface area contributed by atoms with Gasteiger partial charge in [-0.05, 0) is 74.4 Å². The summed E-state index contributed by atoms with van der Waals surface area (Å²) in [6.07, 6.45) is 4.75. The van der Waals surface area contributed by atoms with Crippen LogP contribution in [0.15, 0.2) is 77.7 Å². The lowest BCUT2D eigenvalue weighted by Crippen LogP contribution is -2.53. The number of nitrogens with zero attached hydrogens (tertiary/aromatic N) is 2. The Labute approximate surface area is 245 Å². The van der Waals surface area contributed by atoms with E-state index >= 15 is 0 Å². The van der Waals surface area contributed by atoms with E-state index in [1.807, 2.05) is 0 Å². The molecule has 1 atom stereocenters. The number of halogens is 2. The zero-order valence-corrected chi connectivity index (χ0v) is 24.4. The van der Waals surface area contributed by atoms with Crippen molar-refractivity contribution >= 4 is 27.5 Å². The summed E-state index contributed by atoms with van der Waals surface area (Å²) in [5.41, 5.74) is 0.222. The highest BCUT2D eigenvalue weighted by Gasteiger charge is 2.33. The monoisotopic (exact) mass is 599 g/mol. The van der Waals surface area contributed by atoms with Crippen molar-refractivity contribution < 1.29 is 31.5 Å². The first-order chi connectivity index (χ1) is 20.1. The molecule has 11 heteroatoms. The summed E-state index contributed by atoms with van der Waals surface area (Å²) in [6.45, 7) is 0.567. The molecule has 224 valence electrons. The number of anilines is 1. The quantitative estimate of drug-likeness (QED) is 0.334. The summed E-state index contributed by atoms with van der Waals surface area (Å²) in [4.78, 5) is 28.3. The minimum Gasteiger partial charge on any atom is -0.497 e. The SMILES string of the molecule is COc1ccc(S(=O)(=O)N(CC(=O)N(Cc2ccccc2F)[C@H](C)C(=O)NC2CCCCC2)c2ccc(F)cc2)cc1. The molecule has 1 saturated carbocycles. The normalized spacial score (nSPS) is 14.6. The molecule has 0 heterocycles. The summed E-state index contributed by atoms with van der Waals surface area (Å²) < 4.78 is 62.1. The maximum Gasteiger partial charge on any atom is 0.264 e. The molecule has 8 nitrogen and oxygen atoms in total. The summed E-state index contributed by atoms with van der Waals surface area (Å²) >= 11 is 0. The highest BCUT2D eigenvalue weighted by molar-refractivity contribution is 7.92. The molecule has 0 spiro atoms. The van der Waals surface area contributed by atoms with Crippen LogP contribution in [0, 0.1) is 11.6 Å². The van der Waals surface area contributed by atoms with Gasteiger partial charge >= 0.3 is 0 Å². The van der Waals surface area contributed by atoms with E-state index < -0.39 is 46.1 Å². The number of benzene rings is 3. The Kier molecular flexibility index (Phi) is 10.2. The van der Waals surface area contributed by atoms with Crippen LogP contribution in [-0.2, 0) is 26.2 Å². The van der Waals surface area contributed by atoms with E-state index in [4.69, 9.17) is 4.74 Å². The molecule has 1 aliphatic rings. The lowest BCUT2D eigenvalue weighted by atomic mass is 9.95. The summed E-state index contributed by atoms with van der Waals surface area (Å²) in [6, 6.07) is 15.2. The highest BCUT2D eigenvalue weighted by atomic mass is 32.2. The first-order valence-electron chi connectivity index (χ1n) is 13.9. The van der Waals surface area contributed by atoms with Crippen LogP contribution in [0.4, 0.5) is 14.5 Å². The molecule has 2 amide bonds. The van der Waals surface area contributed by atoms with Gasteiger partial charge in [-0.2, -0.15) is 0 Å². The van der Waals surface area contributed by atoms with Crippen molar-refractivity contribution in [3.8, 4) is 5.75 Å². The average molecular weight is 600 g/mol. The molecule has 0 aromatic heterocycles. The van der Waals surface area contributed by atoms with Crippen molar-refractivity contribution in [1.82, 2.24) is 10.2 Å². The Bertz CT molecular complexity index is 1480. The van der Waals surface area contributed by atoms with Gasteiger partial charge in [-0.3, -0.25) is 13.9 Å². The van der Waals surface area contributed by atoms with Gasteiger partial charge in [0.15, 0.2) is 0 Å². The molecular formula is C31H35F2N3O5S. The number of methoxy groups -OCH3 is 1. The minimum atomic E-state index is -4.34. The van der Waals surface area contributed by atoms with Crippen LogP contribution >= 0.6 is 0 Å². The first kappa shape index (κ1) is 31.0. The van der Waals surface area contributed by atoms with Crippen LogP contribution < -0.4 is 14.4 Å². The summed E-state index contributed by atoms with van der Waals surface area (Å²) in [7, 11) is -2.89. The fourth-order valence-corrected chi connectivity index (χ4v) is 6.39. The lowest BCUT2D eigenvalue weighted by molar-refractivity contribution is -0.139. The Morgan fingerprint density at radius 3 is 2.21 bits per heavy atom. The zero-order chi connectivity index (χ0) is 30.3. The van der Waals surface area contributed by atoms with E-state index in [0.717, 1.165) is 48.5 Å². The third-order valence-electron chi connectivity index (χ3n) is 7.46. The van der Waals surface area contributed by atoms with Crippen molar-refractivity contribution in [1.29, 1.82) is 0 Å². The Hall–Kier alpha value is -3.99. The molecule has 42 heavy (non-hydrogen) atoms. The second-order valence-electron chi connectivity index (χ2n) is 10.3. The number of rotatable bonds is 11. The third-order valence-corrected chi connectivity index (χ3v) is 9.25. The second-order valence-corrected chi connectivity index (χ2v) is 12.2. The molecule has 0 unspecified atom stereocenters. The van der Waals surface area contributed by atoms with E-state index in [0.29, 0.717) is 5.75 Å². The van der Waals surface area contributed by atoms with Crippen LogP contribution in [0.5, 0.6) is 5.75 Å². The molecule has 0 saturated heterocycles. The standard InChI is InChI=1S/C31H35F2N3O5S/c1-22(31(38)34-25-9-4-3-5-10-25)35(20-23-8-6-7-11-29(23)33)30(37)21-36(26-14-12-24(32)13-15-26)42(39,40)28-18-16-27(41-2)17-19-28/h6-8,11-19,22,25H,3-5,9-10,20-21H2,1-2H3,(H,34,38)/t22-/m1/s1. The molecule has 1 fully saturated rings. The molecule has 0 aliphatic heterocycles. The zero-order valence-electron chi connectivity index (χ0n) is 23.6. The van der Waals surface area contributed by atoms with Crippen molar-refractivity contribution in [3.05, 3.63) is 90.0 Å². The number of carbonyl (C=O) groups is 2. The Morgan fingerprint density at radius 2 is 1.60 bits per heavy atom. The number of amides is 2. The van der Waals surface area contributed by atoms with E-state index in [1.54, 1.807) is 6.07 Å². The molecular weight excluding hydrogens is 564 g/mol. The van der Waals surface area contributed by atoms with Crippen LogP contribution in [-0.4, -0.2) is 50.9 Å². The number of hydrogen-bond acceptors (Lipinski definition) is 5. The van der Waals surface area contributed by atoms with E-state index in [-0.39, 0.29) is 28.7 Å². The van der Waals surface area contributed by atoms with Crippen LogP contribution in [0.3, 0.4) is 0 Å². The van der Waals surface area contributed by atoms with Crippen molar-refractivity contribution in [2.75, 3.05) is 18.0 Å². The van der Waals surface area contributed by atoms with E-state index in [1.165, 1.54) is 73.5 Å². The minimum absolute atomic E-state index is 0.0229. The highest BCUT2D eigenvalue weighted by Crippen LogP contribution is 2.26. The van der Waals surface area contributed by atoms with E-state index in [2.05, 4.69) is 5.32 Å². The number of hydrogen-bond donors (Lipinski definition) is 1. The summed E-state index contributed by atoms with van der Waals surface area (Å²) in [5, 5.41) is 3.00. The van der Waals surface area contributed by atoms with Gasteiger partial charge < -0.3 is 15.0 Å². The molecule has 4 rings (SSSR count). The number of nitrogens with one attached hydrogen (secondary N) is 1. The average Bonchev–Trinajstić information content (AvgIpc) is 3.00. The maximum atomic E-state index is 14.7. The van der Waals surface area contributed by atoms with Gasteiger partial charge in [0, 0.05) is 18.2 Å². The smallest absolute Gasteiger partial charge is 0.264 e. The van der Waals surface area contributed by atoms with Crippen LogP contribution in [0.2, 0.25) is 0 Å². The van der Waals surface area contributed by atoms with E-state index in [9.17, 15) is 26.8 Å². The van der Waals surface area contributed by atoms with Crippen LogP contribution in [0.25, 0.3) is 0 Å². The molecule has 1 N–H and O–H groups in total. The fourth-order valence-electron chi connectivity index (χ4n) is 4.97. The van der Waals surface area contributed by atoms with Gasteiger partial charge in [-0.1, -0.05) is 37.5 Å². The number of sulfonamides is 1. The van der Waals surface area contributed by atoms with Gasteiger partial charge in [0.05, 0.1) is 17.7 Å². The second kappa shape index (κ2) is 13.8. The molecule has 1 aliphatic carbocycles. The molecule has 3 aromatic carbocycles. The van der Waals surface area contributed by atoms with Gasteiger partial charge in [0.2, 0.25) is 11.8 Å². The van der Waals surface area contributed by atoms with Gasteiger partial charge in [-0.25, -0.2) is 17.2 Å². The number of ether oxygens (including phenoxy) is 1. The van der Waals surface area contributed by atoms with Crippen LogP contribution in [0.1, 0.15) is 44.6 Å². The predicted molar refractivity (Wildman–Crippen MR) is 155 cm³/mol. The van der Waals surface area contributed by atoms with Gasteiger partial charge in [-0.15, -0.1) is 0 Å². The lowest BCUT2D eigenvalue weighted by Gasteiger charge is -2.33. The predicted octanol–water partition coefficient (Wildman–Crippen LogP) is 5.03. The van der Waals surface area contributed by atoms with Crippen molar-refractivity contribution in [2.24, 2.45) is 0 Å². The van der Waals surface area contributed by atoms with Crippen molar-refractivity contribution in [2.45, 2.75) is 62.6 Å². The summed E-state index contributed by atoms with van der Waals surface area (Å²) in [5.74, 6) is -1.84. The Balaban J connectivity index is 1.68. The van der Waals surface area contributed by atoms with Crippen molar-refractivity contribution in [3.63, 3.8) is 0 Å². The first-order valence-corrected chi connectivity index (χ1v) is 15.3. The maximum absolute atomic E-state index is 14.7. The number of carbonyl (C=O) groups excluding carboxylic acids is 2. The van der Waals surface area contributed by atoms with Gasteiger partial charge in [0.1, 0.15) is 30.0 Å². The molecule has 0 radical (unpaired) electrons. The topological polar surface area (TPSA) is 96.0 Å². The molecule has 0 bridgehead atoms. The largest absolute Gasteiger partial charge is 0.497 e. The molecule has 3 aromatic rings. The fraction of sp³-hybridized carbons (Fsp3) is 0.355. The Morgan fingerprint density at radius 1 is 0.952 bits per heavy atom.